The number of hydrogen-bond acceptors (Lipinski definition) is 3. The van der Waals surface area contributed by atoms with Crippen LogP contribution in [-0.4, -0.2) is 27.9 Å². The molecule has 0 unspecified atom stereocenters. The van der Waals surface area contributed by atoms with E-state index in [1.807, 2.05) is 37.8 Å². The van der Waals surface area contributed by atoms with Crippen LogP contribution in [0.15, 0.2) is 24.5 Å². The summed E-state index contributed by atoms with van der Waals surface area (Å²) in [6, 6.07) is 3.82. The van der Waals surface area contributed by atoms with Crippen LogP contribution in [0.2, 0.25) is 0 Å². The summed E-state index contributed by atoms with van der Waals surface area (Å²) in [6.45, 7) is 6.66. The number of aromatic nitrogens is 1. The van der Waals surface area contributed by atoms with Crippen LogP contribution >= 0.6 is 0 Å². The second-order valence-corrected chi connectivity index (χ2v) is 6.40. The molecule has 1 aromatic heterocycles. The van der Waals surface area contributed by atoms with E-state index < -0.39 is 6.04 Å². The largest absolute Gasteiger partial charge is 0.334 e. The van der Waals surface area contributed by atoms with Crippen molar-refractivity contribution in [1.29, 1.82) is 0 Å². The summed E-state index contributed by atoms with van der Waals surface area (Å²) in [5.74, 6) is 0.0619. The van der Waals surface area contributed by atoms with Crippen molar-refractivity contribution >= 4 is 5.91 Å². The molecule has 0 bridgehead atoms. The predicted molar refractivity (Wildman–Crippen MR) is 75.2 cm³/mol. The van der Waals surface area contributed by atoms with Crippen molar-refractivity contribution in [2.45, 2.75) is 52.2 Å². The molecule has 0 aliphatic heterocycles. The first kappa shape index (κ1) is 14.0. The predicted octanol–water partition coefficient (Wildman–Crippen LogP) is 1.95. The molecule has 104 valence electrons. The average molecular weight is 261 g/mol. The van der Waals surface area contributed by atoms with E-state index in [0.29, 0.717) is 12.6 Å². The zero-order valence-electron chi connectivity index (χ0n) is 12.0. The van der Waals surface area contributed by atoms with Crippen molar-refractivity contribution in [3.8, 4) is 0 Å². The molecule has 0 radical (unpaired) electrons. The zero-order valence-corrected chi connectivity index (χ0v) is 12.0. The molecule has 2 rings (SSSR count). The first-order valence-corrected chi connectivity index (χ1v) is 6.84. The van der Waals surface area contributed by atoms with Gasteiger partial charge in [-0.05, 0) is 36.0 Å². The van der Waals surface area contributed by atoms with Crippen molar-refractivity contribution in [3.05, 3.63) is 30.1 Å². The minimum absolute atomic E-state index is 0.0619. The van der Waals surface area contributed by atoms with E-state index in [1.54, 1.807) is 12.4 Å². The van der Waals surface area contributed by atoms with Crippen LogP contribution in [0.3, 0.4) is 0 Å². The van der Waals surface area contributed by atoms with Gasteiger partial charge in [-0.2, -0.15) is 0 Å². The monoisotopic (exact) mass is 261 g/mol. The van der Waals surface area contributed by atoms with E-state index in [9.17, 15) is 4.79 Å². The number of hydrogen-bond donors (Lipinski definition) is 1. The van der Waals surface area contributed by atoms with Crippen molar-refractivity contribution in [2.75, 3.05) is 0 Å². The Morgan fingerprint density at radius 3 is 2.47 bits per heavy atom. The zero-order chi connectivity index (χ0) is 14.0. The average Bonchev–Trinajstić information content (AvgIpc) is 3.18. The first-order chi connectivity index (χ1) is 8.89. The van der Waals surface area contributed by atoms with E-state index in [0.717, 1.165) is 18.4 Å². The highest BCUT2D eigenvalue weighted by Gasteiger charge is 2.38. The van der Waals surface area contributed by atoms with Crippen molar-refractivity contribution in [3.63, 3.8) is 0 Å². The summed E-state index contributed by atoms with van der Waals surface area (Å²) >= 11 is 0. The van der Waals surface area contributed by atoms with Crippen molar-refractivity contribution in [2.24, 2.45) is 11.1 Å². The minimum Gasteiger partial charge on any atom is -0.334 e. The Morgan fingerprint density at radius 2 is 2.00 bits per heavy atom. The van der Waals surface area contributed by atoms with E-state index in [2.05, 4.69) is 4.98 Å². The van der Waals surface area contributed by atoms with Gasteiger partial charge < -0.3 is 10.6 Å². The lowest BCUT2D eigenvalue weighted by Crippen LogP contribution is -2.50. The molecule has 1 atom stereocenters. The van der Waals surface area contributed by atoms with Gasteiger partial charge in [0, 0.05) is 25.0 Å². The lowest BCUT2D eigenvalue weighted by atomic mass is 9.86. The molecular formula is C15H23N3O. The van der Waals surface area contributed by atoms with Crippen LogP contribution in [0.4, 0.5) is 0 Å². The van der Waals surface area contributed by atoms with Crippen molar-refractivity contribution < 1.29 is 4.79 Å². The Kier molecular flexibility index (Phi) is 3.90. The van der Waals surface area contributed by atoms with Gasteiger partial charge in [-0.25, -0.2) is 0 Å². The summed E-state index contributed by atoms with van der Waals surface area (Å²) in [5.41, 5.74) is 7.01. The highest BCUT2D eigenvalue weighted by Crippen LogP contribution is 2.30. The fraction of sp³-hybridized carbons (Fsp3) is 0.600. The molecule has 4 nitrogen and oxygen atoms in total. The number of carbonyl (C=O) groups excluding carboxylic acids is 1. The molecule has 0 saturated heterocycles. The number of nitrogens with two attached hydrogens (primary N) is 1. The molecule has 1 aliphatic carbocycles. The van der Waals surface area contributed by atoms with Gasteiger partial charge in [0.1, 0.15) is 0 Å². The Balaban J connectivity index is 2.10. The molecule has 1 aliphatic rings. The molecule has 0 aromatic carbocycles. The van der Waals surface area contributed by atoms with Gasteiger partial charge >= 0.3 is 0 Å². The summed E-state index contributed by atoms with van der Waals surface area (Å²) in [7, 11) is 0. The van der Waals surface area contributed by atoms with Crippen LogP contribution in [0.25, 0.3) is 0 Å². The molecule has 1 amide bonds. The van der Waals surface area contributed by atoms with E-state index in [4.69, 9.17) is 5.73 Å². The van der Waals surface area contributed by atoms with Gasteiger partial charge in [0.05, 0.1) is 6.04 Å². The molecule has 1 heterocycles. The summed E-state index contributed by atoms with van der Waals surface area (Å²) < 4.78 is 0. The van der Waals surface area contributed by atoms with E-state index in [-0.39, 0.29) is 11.3 Å². The van der Waals surface area contributed by atoms with E-state index in [1.165, 1.54) is 0 Å². The van der Waals surface area contributed by atoms with Crippen LogP contribution in [-0.2, 0) is 11.3 Å². The van der Waals surface area contributed by atoms with Gasteiger partial charge in [-0.15, -0.1) is 0 Å². The van der Waals surface area contributed by atoms with Crippen molar-refractivity contribution in [1.82, 2.24) is 9.88 Å². The number of pyridine rings is 1. The van der Waals surface area contributed by atoms with Gasteiger partial charge in [0.15, 0.2) is 0 Å². The SMILES string of the molecule is CC(C)(C)[C@H](N)C(=O)N(Cc1ccncc1)C1CC1. The third-order valence-electron chi connectivity index (χ3n) is 3.57. The second-order valence-electron chi connectivity index (χ2n) is 6.40. The fourth-order valence-corrected chi connectivity index (χ4v) is 2.01. The third-order valence-corrected chi connectivity index (χ3v) is 3.57. The standard InChI is InChI=1S/C15H23N3O/c1-15(2,3)13(16)14(19)18(12-4-5-12)10-11-6-8-17-9-7-11/h6-9,12-13H,4-5,10,16H2,1-3H3/t13-/m1/s1. The van der Waals surface area contributed by atoms with Gasteiger partial charge in [0.2, 0.25) is 5.91 Å². The Bertz CT molecular complexity index is 434. The van der Waals surface area contributed by atoms with Gasteiger partial charge in [-0.3, -0.25) is 9.78 Å². The topological polar surface area (TPSA) is 59.2 Å². The Hall–Kier alpha value is -1.42. The number of amides is 1. The second kappa shape index (κ2) is 5.29. The lowest BCUT2D eigenvalue weighted by molar-refractivity contribution is -0.136. The normalized spacial score (nSPS) is 17.1. The lowest BCUT2D eigenvalue weighted by Gasteiger charge is -2.32. The number of rotatable bonds is 4. The van der Waals surface area contributed by atoms with E-state index >= 15 is 0 Å². The molecule has 0 spiro atoms. The van der Waals surface area contributed by atoms with Crippen LogP contribution in [0, 0.1) is 5.41 Å². The quantitative estimate of drug-likeness (QED) is 0.901. The molecule has 4 heteroatoms. The Labute approximate surface area is 115 Å². The highest BCUT2D eigenvalue weighted by molar-refractivity contribution is 5.83. The summed E-state index contributed by atoms with van der Waals surface area (Å²) in [4.78, 5) is 18.5. The van der Waals surface area contributed by atoms with Crippen LogP contribution in [0.1, 0.15) is 39.2 Å². The molecule has 19 heavy (non-hydrogen) atoms. The smallest absolute Gasteiger partial charge is 0.240 e. The maximum Gasteiger partial charge on any atom is 0.240 e. The Morgan fingerprint density at radius 1 is 1.42 bits per heavy atom. The highest BCUT2D eigenvalue weighted by atomic mass is 16.2. The minimum atomic E-state index is -0.449. The molecule has 1 fully saturated rings. The summed E-state index contributed by atoms with van der Waals surface area (Å²) in [6.07, 6.45) is 5.70. The van der Waals surface area contributed by atoms with Crippen LogP contribution < -0.4 is 5.73 Å². The first-order valence-electron chi connectivity index (χ1n) is 6.84. The molecule has 2 N–H and O–H groups in total. The third kappa shape index (κ3) is 3.53. The number of nitrogens with zero attached hydrogens (tertiary/aromatic N) is 2. The molecular weight excluding hydrogens is 238 g/mol. The maximum absolute atomic E-state index is 12.6. The summed E-state index contributed by atoms with van der Waals surface area (Å²) in [5, 5.41) is 0. The van der Waals surface area contributed by atoms with Crippen LogP contribution in [0.5, 0.6) is 0 Å². The van der Waals surface area contributed by atoms with Gasteiger partial charge in [-0.1, -0.05) is 20.8 Å². The maximum atomic E-state index is 12.6. The number of carbonyl (C=O) groups is 1. The molecule has 1 saturated carbocycles. The van der Waals surface area contributed by atoms with Gasteiger partial charge in [0.25, 0.3) is 0 Å². The molecule has 1 aromatic rings. The fourth-order valence-electron chi connectivity index (χ4n) is 2.01.